The molecule has 128 valence electrons. The molecule has 0 aliphatic carbocycles. The van der Waals surface area contributed by atoms with Crippen LogP contribution in [0, 0.1) is 0 Å². The average Bonchev–Trinajstić information content (AvgIpc) is 2.60. The van der Waals surface area contributed by atoms with Crippen LogP contribution >= 0.6 is 0 Å². The second-order valence-electron chi connectivity index (χ2n) is 4.38. The van der Waals surface area contributed by atoms with Gasteiger partial charge in [0.15, 0.2) is 5.76 Å². The molecule has 0 atom stereocenters. The minimum Gasteiger partial charge on any atom is -0.490 e. The minimum atomic E-state index is -0.898. The Morgan fingerprint density at radius 2 is 1.67 bits per heavy atom. The van der Waals surface area contributed by atoms with Gasteiger partial charge in [-0.3, -0.25) is 0 Å². The summed E-state index contributed by atoms with van der Waals surface area (Å²) in [6, 6.07) is 9.51. The van der Waals surface area contributed by atoms with Gasteiger partial charge in [0.2, 0.25) is 0 Å². The summed E-state index contributed by atoms with van der Waals surface area (Å²) >= 11 is 0. The average molecular weight is 332 g/mol. The third-order valence-corrected chi connectivity index (χ3v) is 2.40. The van der Waals surface area contributed by atoms with E-state index in [4.69, 9.17) is 4.74 Å². The van der Waals surface area contributed by atoms with Gasteiger partial charge in [0, 0.05) is 11.6 Å². The van der Waals surface area contributed by atoms with Crippen LogP contribution in [0.2, 0.25) is 0 Å². The van der Waals surface area contributed by atoms with E-state index in [9.17, 15) is 14.4 Å². The lowest BCUT2D eigenvalue weighted by Gasteiger charge is -2.02. The highest BCUT2D eigenvalue weighted by molar-refractivity contribution is 6.00. The molecule has 1 rings (SSSR count). The lowest BCUT2D eigenvalue weighted by Crippen LogP contribution is -2.14. The van der Waals surface area contributed by atoms with Crippen molar-refractivity contribution < 1.29 is 28.6 Å². The first kappa shape index (κ1) is 20.9. The van der Waals surface area contributed by atoms with Gasteiger partial charge in [-0.25, -0.2) is 14.4 Å². The van der Waals surface area contributed by atoms with Gasteiger partial charge < -0.3 is 14.2 Å². The first-order valence-electron chi connectivity index (χ1n) is 6.79. The van der Waals surface area contributed by atoms with Crippen molar-refractivity contribution in [2.75, 3.05) is 7.11 Å². The van der Waals surface area contributed by atoms with Gasteiger partial charge in [0.05, 0.1) is 7.11 Å². The highest BCUT2D eigenvalue weighted by atomic mass is 16.6. The maximum absolute atomic E-state index is 10.8. The molecule has 0 N–H and O–H groups in total. The first-order chi connectivity index (χ1) is 11.3. The molecule has 6 nitrogen and oxygen atoms in total. The van der Waals surface area contributed by atoms with Crippen molar-refractivity contribution >= 4 is 17.9 Å². The van der Waals surface area contributed by atoms with Crippen LogP contribution < -0.4 is 0 Å². The molecule has 1 aromatic rings. The molecular formula is C18H20O6. The molecule has 0 aromatic heterocycles. The van der Waals surface area contributed by atoms with Crippen LogP contribution in [0.15, 0.2) is 67.5 Å². The van der Waals surface area contributed by atoms with Gasteiger partial charge in [-0.2, -0.15) is 0 Å². The Hall–Kier alpha value is -3.15. The van der Waals surface area contributed by atoms with Gasteiger partial charge in [0.1, 0.15) is 6.61 Å². The molecule has 0 saturated carbocycles. The normalized spacial score (nSPS) is 8.75. The molecule has 24 heavy (non-hydrogen) atoms. The number of rotatable bonds is 6. The molecule has 0 heterocycles. The van der Waals surface area contributed by atoms with Crippen LogP contribution in [0.1, 0.15) is 12.5 Å². The Morgan fingerprint density at radius 3 is 2.12 bits per heavy atom. The largest absolute Gasteiger partial charge is 0.490 e. The second kappa shape index (κ2) is 11.4. The van der Waals surface area contributed by atoms with Crippen molar-refractivity contribution in [1.29, 1.82) is 0 Å². The summed E-state index contributed by atoms with van der Waals surface area (Å²) in [6.07, 6.45) is 1.16. The Kier molecular flexibility index (Phi) is 9.92. The number of esters is 3. The Balaban J connectivity index is 0.000000441. The molecule has 0 bridgehead atoms. The zero-order valence-electron chi connectivity index (χ0n) is 13.7. The van der Waals surface area contributed by atoms with Crippen LogP contribution in [0.5, 0.6) is 0 Å². The fraction of sp³-hybridized carbons (Fsp3) is 0.167. The number of hydrogen-bond donors (Lipinski definition) is 0. The SMILES string of the molecule is C=C(C)C(=O)OC(=O)C(=C)OC.C=CC(=O)OCc1ccccc1. The summed E-state index contributed by atoms with van der Waals surface area (Å²) < 4.78 is 13.5. The van der Waals surface area contributed by atoms with Crippen molar-refractivity contribution in [3.63, 3.8) is 0 Å². The maximum Gasteiger partial charge on any atom is 0.380 e. The van der Waals surface area contributed by atoms with Gasteiger partial charge in [-0.15, -0.1) is 0 Å². The van der Waals surface area contributed by atoms with Crippen molar-refractivity contribution in [1.82, 2.24) is 0 Å². The molecule has 0 unspecified atom stereocenters. The quantitative estimate of drug-likeness (QED) is 0.345. The van der Waals surface area contributed by atoms with Gasteiger partial charge >= 0.3 is 17.9 Å². The summed E-state index contributed by atoms with van der Waals surface area (Å²) in [7, 11) is 1.26. The molecule has 0 saturated heterocycles. The van der Waals surface area contributed by atoms with Crippen LogP contribution in [0.4, 0.5) is 0 Å². The molecular weight excluding hydrogens is 312 g/mol. The standard InChI is InChI=1S/C10H10O2.C8H10O4/c1-2-10(11)12-8-9-6-4-3-5-7-9;1-5(2)7(9)12-8(10)6(3)11-4/h2-7H,1,8H2;1,3H2,2,4H3. The van der Waals surface area contributed by atoms with E-state index >= 15 is 0 Å². The van der Waals surface area contributed by atoms with Crippen LogP contribution in [0.3, 0.4) is 0 Å². The zero-order chi connectivity index (χ0) is 18.5. The van der Waals surface area contributed by atoms with Gasteiger partial charge in [0.25, 0.3) is 0 Å². The maximum atomic E-state index is 10.8. The highest BCUT2D eigenvalue weighted by Gasteiger charge is 2.14. The van der Waals surface area contributed by atoms with E-state index in [1.807, 2.05) is 30.3 Å². The van der Waals surface area contributed by atoms with E-state index in [0.717, 1.165) is 11.6 Å². The van der Waals surface area contributed by atoms with Crippen LogP contribution in [-0.4, -0.2) is 25.0 Å². The molecule has 0 aliphatic rings. The Morgan fingerprint density at radius 1 is 1.08 bits per heavy atom. The lowest BCUT2D eigenvalue weighted by atomic mass is 10.2. The lowest BCUT2D eigenvalue weighted by molar-refractivity contribution is -0.156. The number of benzene rings is 1. The van der Waals surface area contributed by atoms with Gasteiger partial charge in [-0.1, -0.05) is 43.5 Å². The molecule has 1 aromatic carbocycles. The first-order valence-corrected chi connectivity index (χ1v) is 6.79. The van der Waals surface area contributed by atoms with E-state index in [1.54, 1.807) is 0 Å². The molecule has 0 fully saturated rings. The number of methoxy groups -OCH3 is 1. The van der Waals surface area contributed by atoms with E-state index in [2.05, 4.69) is 29.2 Å². The van der Waals surface area contributed by atoms with E-state index in [0.29, 0.717) is 6.61 Å². The highest BCUT2D eigenvalue weighted by Crippen LogP contribution is 2.00. The fourth-order valence-electron chi connectivity index (χ4n) is 1.10. The monoisotopic (exact) mass is 332 g/mol. The summed E-state index contributed by atoms with van der Waals surface area (Å²) in [5.74, 6) is -2.29. The number of carbonyl (C=O) groups is 3. The number of ether oxygens (including phenoxy) is 3. The third kappa shape index (κ3) is 8.99. The van der Waals surface area contributed by atoms with Gasteiger partial charge in [-0.05, 0) is 19.1 Å². The summed E-state index contributed by atoms with van der Waals surface area (Å²) in [5, 5.41) is 0. The van der Waals surface area contributed by atoms with Crippen molar-refractivity contribution in [3.8, 4) is 0 Å². The number of carbonyl (C=O) groups excluding carboxylic acids is 3. The zero-order valence-corrected chi connectivity index (χ0v) is 13.7. The van der Waals surface area contributed by atoms with Crippen molar-refractivity contribution in [2.24, 2.45) is 0 Å². The third-order valence-electron chi connectivity index (χ3n) is 2.40. The summed E-state index contributed by atoms with van der Waals surface area (Å²) in [4.78, 5) is 32.2. The number of hydrogen-bond acceptors (Lipinski definition) is 6. The second-order valence-corrected chi connectivity index (χ2v) is 4.38. The predicted octanol–water partition coefficient (Wildman–Crippen LogP) is 2.71. The smallest absolute Gasteiger partial charge is 0.380 e. The Labute approximate surface area is 141 Å². The molecule has 0 aliphatic heterocycles. The predicted molar refractivity (Wildman–Crippen MR) is 88.5 cm³/mol. The molecule has 6 heteroatoms. The van der Waals surface area contributed by atoms with Crippen molar-refractivity contribution in [3.05, 3.63) is 73.0 Å². The topological polar surface area (TPSA) is 78.9 Å². The van der Waals surface area contributed by atoms with E-state index < -0.39 is 11.9 Å². The van der Waals surface area contributed by atoms with Crippen molar-refractivity contribution in [2.45, 2.75) is 13.5 Å². The van der Waals surface area contributed by atoms with Crippen LogP contribution in [0.25, 0.3) is 0 Å². The molecule has 0 amide bonds. The minimum absolute atomic E-state index is 0.146. The van der Waals surface area contributed by atoms with E-state index in [1.165, 1.54) is 14.0 Å². The molecule has 0 radical (unpaired) electrons. The molecule has 0 spiro atoms. The Bertz CT molecular complexity index is 616. The van der Waals surface area contributed by atoms with E-state index in [-0.39, 0.29) is 17.3 Å². The van der Waals surface area contributed by atoms with Crippen LogP contribution in [-0.2, 0) is 35.2 Å². The fourth-order valence-corrected chi connectivity index (χ4v) is 1.10. The summed E-state index contributed by atoms with van der Waals surface area (Å²) in [5.41, 5.74) is 1.12. The summed E-state index contributed by atoms with van der Waals surface area (Å²) in [6.45, 7) is 11.5.